The largest absolute Gasteiger partial charge is 0.493 e. The van der Waals surface area contributed by atoms with Crippen molar-refractivity contribution in [1.29, 1.82) is 0 Å². The Morgan fingerprint density at radius 2 is 1.74 bits per heavy atom. The zero-order chi connectivity index (χ0) is 19.2. The summed E-state index contributed by atoms with van der Waals surface area (Å²) in [5.74, 6) is 2.95. The molecule has 3 rings (SSSR count). The molecule has 0 saturated carbocycles. The van der Waals surface area contributed by atoms with E-state index in [1.165, 1.54) is 5.56 Å². The van der Waals surface area contributed by atoms with Crippen LogP contribution >= 0.6 is 0 Å². The Kier molecular flexibility index (Phi) is 5.96. The molecule has 2 N–H and O–H groups in total. The number of para-hydroxylation sites is 1. The molecule has 0 aliphatic carbocycles. The number of rotatable bonds is 8. The van der Waals surface area contributed by atoms with Crippen LogP contribution < -0.4 is 20.1 Å². The van der Waals surface area contributed by atoms with Crippen molar-refractivity contribution in [3.8, 4) is 11.5 Å². The maximum atomic E-state index is 5.38. The summed E-state index contributed by atoms with van der Waals surface area (Å²) in [5.41, 5.74) is 2.09. The number of methoxy groups -OCH3 is 2. The van der Waals surface area contributed by atoms with E-state index in [9.17, 15) is 0 Å². The maximum Gasteiger partial charge on any atom is 0.225 e. The fourth-order valence-electron chi connectivity index (χ4n) is 2.90. The first kappa shape index (κ1) is 18.8. The quantitative estimate of drug-likeness (QED) is 0.625. The minimum Gasteiger partial charge on any atom is -0.493 e. The number of nitrogens with one attached hydrogen (secondary N) is 2. The third kappa shape index (κ3) is 4.58. The van der Waals surface area contributed by atoms with Gasteiger partial charge in [0.2, 0.25) is 5.95 Å². The van der Waals surface area contributed by atoms with E-state index in [2.05, 4.69) is 34.4 Å². The third-order valence-corrected chi connectivity index (χ3v) is 4.18. The maximum absolute atomic E-state index is 5.38. The van der Waals surface area contributed by atoms with Crippen LogP contribution in [0, 0.1) is 0 Å². The summed E-state index contributed by atoms with van der Waals surface area (Å²) in [4.78, 5) is 9.25. The number of benzene rings is 2. The Bertz CT molecular complexity index is 912. The molecule has 1 heterocycles. The lowest BCUT2D eigenvalue weighted by Crippen LogP contribution is -2.14. The predicted molar refractivity (Wildman–Crippen MR) is 110 cm³/mol. The molecule has 6 heteroatoms. The van der Waals surface area contributed by atoms with Gasteiger partial charge in [0.1, 0.15) is 5.82 Å². The molecule has 1 aromatic heterocycles. The Labute approximate surface area is 159 Å². The third-order valence-electron chi connectivity index (χ3n) is 4.18. The van der Waals surface area contributed by atoms with E-state index in [0.29, 0.717) is 5.95 Å². The van der Waals surface area contributed by atoms with Crippen molar-refractivity contribution in [2.45, 2.75) is 26.3 Å². The van der Waals surface area contributed by atoms with Gasteiger partial charge in [0.25, 0.3) is 0 Å². The van der Waals surface area contributed by atoms with Crippen LogP contribution in [0.3, 0.4) is 0 Å². The van der Waals surface area contributed by atoms with Crippen molar-refractivity contribution in [3.05, 3.63) is 48.0 Å². The molecule has 27 heavy (non-hydrogen) atoms. The number of hydrogen-bond acceptors (Lipinski definition) is 6. The predicted octanol–water partition coefficient (Wildman–Crippen LogP) is 4.12. The number of anilines is 2. The summed E-state index contributed by atoms with van der Waals surface area (Å²) >= 11 is 0. The summed E-state index contributed by atoms with van der Waals surface area (Å²) < 4.78 is 10.7. The number of aromatic nitrogens is 2. The molecule has 0 radical (unpaired) electrons. The van der Waals surface area contributed by atoms with E-state index in [1.807, 2.05) is 42.5 Å². The summed E-state index contributed by atoms with van der Waals surface area (Å²) in [6.45, 7) is 4.89. The minimum absolute atomic E-state index is 0.269. The van der Waals surface area contributed by atoms with E-state index >= 15 is 0 Å². The van der Waals surface area contributed by atoms with Gasteiger partial charge in [0, 0.05) is 18.0 Å². The van der Waals surface area contributed by atoms with Crippen LogP contribution in [0.4, 0.5) is 11.8 Å². The summed E-state index contributed by atoms with van der Waals surface area (Å²) in [6, 6.07) is 14.3. The van der Waals surface area contributed by atoms with Crippen LogP contribution in [-0.2, 0) is 6.42 Å². The average Bonchev–Trinajstić information content (AvgIpc) is 2.67. The number of nitrogens with zero attached hydrogens (tertiary/aromatic N) is 2. The lowest BCUT2D eigenvalue weighted by molar-refractivity contribution is 0.354. The number of hydrogen-bond donors (Lipinski definition) is 2. The zero-order valence-corrected chi connectivity index (χ0v) is 16.2. The monoisotopic (exact) mass is 366 g/mol. The Morgan fingerprint density at radius 3 is 2.48 bits per heavy atom. The standard InChI is InChI=1S/C21H26N4O2/c1-14(2)23-21-24-17-8-6-5-7-16(17)20(25-21)22-12-11-15-9-10-18(26-3)19(13-15)27-4/h5-10,13-14H,11-12H2,1-4H3,(H2,22,23,24,25). The molecule has 2 aromatic carbocycles. The second-order valence-electron chi connectivity index (χ2n) is 6.58. The van der Waals surface area contributed by atoms with Crippen LogP contribution in [0.1, 0.15) is 19.4 Å². The Hall–Kier alpha value is -3.02. The molecule has 0 aliphatic rings. The molecule has 0 bridgehead atoms. The van der Waals surface area contributed by atoms with Gasteiger partial charge < -0.3 is 20.1 Å². The molecule has 0 atom stereocenters. The molecule has 0 aliphatic heterocycles. The lowest BCUT2D eigenvalue weighted by Gasteiger charge is -2.14. The van der Waals surface area contributed by atoms with Crippen molar-refractivity contribution in [3.63, 3.8) is 0 Å². The van der Waals surface area contributed by atoms with Gasteiger partial charge in [-0.3, -0.25) is 0 Å². The van der Waals surface area contributed by atoms with Crippen LogP contribution in [0.25, 0.3) is 10.9 Å². The van der Waals surface area contributed by atoms with E-state index < -0.39 is 0 Å². The van der Waals surface area contributed by atoms with Crippen LogP contribution in [0.5, 0.6) is 11.5 Å². The fraction of sp³-hybridized carbons (Fsp3) is 0.333. The SMILES string of the molecule is COc1ccc(CCNc2nc(NC(C)C)nc3ccccc23)cc1OC. The summed E-state index contributed by atoms with van der Waals surface area (Å²) in [5, 5.41) is 7.75. The van der Waals surface area contributed by atoms with E-state index in [1.54, 1.807) is 14.2 Å². The van der Waals surface area contributed by atoms with E-state index in [0.717, 1.165) is 41.2 Å². The first-order chi connectivity index (χ1) is 13.1. The second kappa shape index (κ2) is 8.58. The van der Waals surface area contributed by atoms with E-state index in [-0.39, 0.29) is 6.04 Å². The van der Waals surface area contributed by atoms with Gasteiger partial charge >= 0.3 is 0 Å². The highest BCUT2D eigenvalue weighted by Crippen LogP contribution is 2.28. The highest BCUT2D eigenvalue weighted by atomic mass is 16.5. The smallest absolute Gasteiger partial charge is 0.225 e. The lowest BCUT2D eigenvalue weighted by atomic mass is 10.1. The average molecular weight is 366 g/mol. The minimum atomic E-state index is 0.269. The first-order valence-corrected chi connectivity index (χ1v) is 9.09. The van der Waals surface area contributed by atoms with Gasteiger partial charge in [-0.05, 0) is 50.1 Å². The highest BCUT2D eigenvalue weighted by Gasteiger charge is 2.09. The Morgan fingerprint density at radius 1 is 0.963 bits per heavy atom. The zero-order valence-electron chi connectivity index (χ0n) is 16.2. The van der Waals surface area contributed by atoms with Gasteiger partial charge in [-0.25, -0.2) is 4.98 Å². The van der Waals surface area contributed by atoms with Gasteiger partial charge in [0.05, 0.1) is 19.7 Å². The van der Waals surface area contributed by atoms with Gasteiger partial charge in [-0.15, -0.1) is 0 Å². The van der Waals surface area contributed by atoms with Crippen molar-refractivity contribution in [1.82, 2.24) is 9.97 Å². The summed E-state index contributed by atoms with van der Waals surface area (Å²) in [6.07, 6.45) is 0.839. The fourth-order valence-corrected chi connectivity index (χ4v) is 2.90. The first-order valence-electron chi connectivity index (χ1n) is 9.09. The molecule has 0 amide bonds. The van der Waals surface area contributed by atoms with Crippen molar-refractivity contribution >= 4 is 22.7 Å². The molecule has 142 valence electrons. The van der Waals surface area contributed by atoms with Gasteiger partial charge in [-0.1, -0.05) is 18.2 Å². The van der Waals surface area contributed by atoms with Crippen molar-refractivity contribution < 1.29 is 9.47 Å². The molecular formula is C21H26N4O2. The molecule has 0 spiro atoms. The topological polar surface area (TPSA) is 68.3 Å². The number of ether oxygens (including phenoxy) is 2. The van der Waals surface area contributed by atoms with Crippen molar-refractivity contribution in [2.75, 3.05) is 31.4 Å². The molecule has 0 fully saturated rings. The van der Waals surface area contributed by atoms with Crippen molar-refractivity contribution in [2.24, 2.45) is 0 Å². The second-order valence-corrected chi connectivity index (χ2v) is 6.58. The van der Waals surface area contributed by atoms with Gasteiger partial charge in [0.15, 0.2) is 11.5 Å². The van der Waals surface area contributed by atoms with E-state index in [4.69, 9.17) is 9.47 Å². The molecule has 6 nitrogen and oxygen atoms in total. The normalized spacial score (nSPS) is 10.9. The number of fused-ring (bicyclic) bond motifs is 1. The molecular weight excluding hydrogens is 340 g/mol. The van der Waals surface area contributed by atoms with Crippen LogP contribution in [0.2, 0.25) is 0 Å². The molecule has 0 unspecified atom stereocenters. The summed E-state index contributed by atoms with van der Waals surface area (Å²) in [7, 11) is 3.29. The van der Waals surface area contributed by atoms with Crippen LogP contribution in [0.15, 0.2) is 42.5 Å². The highest BCUT2D eigenvalue weighted by molar-refractivity contribution is 5.90. The van der Waals surface area contributed by atoms with Gasteiger partial charge in [-0.2, -0.15) is 4.98 Å². The molecule has 3 aromatic rings. The van der Waals surface area contributed by atoms with Crippen LogP contribution in [-0.4, -0.2) is 36.8 Å². The Balaban J connectivity index is 1.76. The molecule has 0 saturated heterocycles.